The van der Waals surface area contributed by atoms with E-state index in [1.54, 1.807) is 0 Å². The van der Waals surface area contributed by atoms with Gasteiger partial charge in [0.15, 0.2) is 0 Å². The SMILES string of the molecule is CCCC(CC=O)c1cn(C)c2ccccc12. The molecule has 2 aromatic rings. The monoisotopic (exact) mass is 229 g/mol. The molecular weight excluding hydrogens is 210 g/mol. The minimum Gasteiger partial charge on any atom is -0.350 e. The third kappa shape index (κ3) is 2.26. The molecule has 1 atom stereocenters. The Morgan fingerprint density at radius 2 is 2.12 bits per heavy atom. The number of hydrogen-bond acceptors (Lipinski definition) is 1. The summed E-state index contributed by atoms with van der Waals surface area (Å²) in [5.74, 6) is 0.364. The number of para-hydroxylation sites is 1. The maximum absolute atomic E-state index is 10.8. The summed E-state index contributed by atoms with van der Waals surface area (Å²) in [4.78, 5) is 10.8. The van der Waals surface area contributed by atoms with Gasteiger partial charge in [0.1, 0.15) is 6.29 Å². The van der Waals surface area contributed by atoms with Gasteiger partial charge in [0.2, 0.25) is 0 Å². The molecule has 0 aliphatic carbocycles. The van der Waals surface area contributed by atoms with Crippen LogP contribution in [0.25, 0.3) is 10.9 Å². The van der Waals surface area contributed by atoms with E-state index in [0.29, 0.717) is 12.3 Å². The lowest BCUT2D eigenvalue weighted by Gasteiger charge is -2.11. The smallest absolute Gasteiger partial charge is 0.120 e. The lowest BCUT2D eigenvalue weighted by molar-refractivity contribution is -0.108. The summed E-state index contributed by atoms with van der Waals surface area (Å²) in [5, 5.41) is 1.29. The average molecular weight is 229 g/mol. The summed E-state index contributed by atoms with van der Waals surface area (Å²) < 4.78 is 2.15. The molecule has 0 amide bonds. The van der Waals surface area contributed by atoms with Crippen LogP contribution in [0, 0.1) is 0 Å². The quantitative estimate of drug-likeness (QED) is 0.717. The predicted octanol–water partition coefficient (Wildman–Crippen LogP) is 3.65. The Labute approximate surface area is 102 Å². The maximum Gasteiger partial charge on any atom is 0.120 e. The van der Waals surface area contributed by atoms with Gasteiger partial charge in [-0.15, -0.1) is 0 Å². The molecule has 0 N–H and O–H groups in total. The molecule has 0 spiro atoms. The molecule has 1 aromatic carbocycles. The van der Waals surface area contributed by atoms with Gasteiger partial charge in [0.25, 0.3) is 0 Å². The van der Waals surface area contributed by atoms with Gasteiger partial charge in [0.05, 0.1) is 0 Å². The van der Waals surface area contributed by atoms with Gasteiger partial charge in [-0.25, -0.2) is 0 Å². The molecule has 0 fully saturated rings. The Hall–Kier alpha value is -1.57. The zero-order valence-electron chi connectivity index (χ0n) is 10.5. The van der Waals surface area contributed by atoms with Crippen molar-refractivity contribution in [2.24, 2.45) is 7.05 Å². The highest BCUT2D eigenvalue weighted by atomic mass is 16.1. The summed E-state index contributed by atoms with van der Waals surface area (Å²) in [6.07, 6.45) is 6.03. The van der Waals surface area contributed by atoms with E-state index in [1.165, 1.54) is 16.5 Å². The Balaban J connectivity index is 2.48. The van der Waals surface area contributed by atoms with Crippen LogP contribution in [0.3, 0.4) is 0 Å². The molecule has 0 radical (unpaired) electrons. The molecule has 0 aliphatic rings. The maximum atomic E-state index is 10.8. The third-order valence-electron chi connectivity index (χ3n) is 3.39. The number of aldehydes is 1. The van der Waals surface area contributed by atoms with Gasteiger partial charge < -0.3 is 9.36 Å². The van der Waals surface area contributed by atoms with E-state index in [-0.39, 0.29) is 0 Å². The molecule has 1 heterocycles. The zero-order chi connectivity index (χ0) is 12.3. The van der Waals surface area contributed by atoms with Crippen molar-refractivity contribution in [1.82, 2.24) is 4.57 Å². The van der Waals surface area contributed by atoms with Crippen molar-refractivity contribution in [3.05, 3.63) is 36.0 Å². The van der Waals surface area contributed by atoms with Crippen molar-refractivity contribution in [1.29, 1.82) is 0 Å². The molecule has 2 rings (SSSR count). The number of carbonyl (C=O) groups excluding carboxylic acids is 1. The molecule has 0 aliphatic heterocycles. The van der Waals surface area contributed by atoms with Gasteiger partial charge in [-0.1, -0.05) is 31.5 Å². The molecule has 90 valence electrons. The number of carbonyl (C=O) groups is 1. The Kier molecular flexibility index (Phi) is 3.62. The van der Waals surface area contributed by atoms with Crippen LogP contribution < -0.4 is 0 Å². The van der Waals surface area contributed by atoms with E-state index in [1.807, 2.05) is 0 Å². The van der Waals surface area contributed by atoms with E-state index < -0.39 is 0 Å². The minimum atomic E-state index is 0.364. The second kappa shape index (κ2) is 5.17. The largest absolute Gasteiger partial charge is 0.350 e. The fourth-order valence-corrected chi connectivity index (χ4v) is 2.56. The van der Waals surface area contributed by atoms with Crippen molar-refractivity contribution in [3.8, 4) is 0 Å². The van der Waals surface area contributed by atoms with Crippen LogP contribution in [0.5, 0.6) is 0 Å². The van der Waals surface area contributed by atoms with Gasteiger partial charge in [-0.05, 0) is 24.0 Å². The highest BCUT2D eigenvalue weighted by molar-refractivity contribution is 5.84. The average Bonchev–Trinajstić information content (AvgIpc) is 2.67. The van der Waals surface area contributed by atoms with Crippen molar-refractivity contribution < 1.29 is 4.79 Å². The first-order valence-electron chi connectivity index (χ1n) is 6.25. The van der Waals surface area contributed by atoms with Gasteiger partial charge in [-0.3, -0.25) is 0 Å². The molecule has 2 heteroatoms. The zero-order valence-corrected chi connectivity index (χ0v) is 10.5. The van der Waals surface area contributed by atoms with Crippen LogP contribution in [-0.2, 0) is 11.8 Å². The summed E-state index contributed by atoms with van der Waals surface area (Å²) in [7, 11) is 2.07. The topological polar surface area (TPSA) is 22.0 Å². The first-order chi connectivity index (χ1) is 8.27. The number of aromatic nitrogens is 1. The van der Waals surface area contributed by atoms with Crippen molar-refractivity contribution in [2.75, 3.05) is 0 Å². The Bertz CT molecular complexity index is 513. The lowest BCUT2D eigenvalue weighted by atomic mass is 9.92. The fourth-order valence-electron chi connectivity index (χ4n) is 2.56. The van der Waals surface area contributed by atoms with Gasteiger partial charge >= 0.3 is 0 Å². The van der Waals surface area contributed by atoms with Crippen molar-refractivity contribution in [2.45, 2.75) is 32.1 Å². The second-order valence-electron chi connectivity index (χ2n) is 4.60. The number of nitrogens with zero attached hydrogens (tertiary/aromatic N) is 1. The van der Waals surface area contributed by atoms with Crippen molar-refractivity contribution >= 4 is 17.2 Å². The normalized spacial score (nSPS) is 12.8. The molecule has 1 aromatic heterocycles. The third-order valence-corrected chi connectivity index (χ3v) is 3.39. The molecule has 0 saturated carbocycles. The highest BCUT2D eigenvalue weighted by Gasteiger charge is 2.15. The van der Waals surface area contributed by atoms with E-state index in [0.717, 1.165) is 19.1 Å². The minimum absolute atomic E-state index is 0.364. The standard InChI is InChI=1S/C15H19NO/c1-3-6-12(9-10-17)14-11-16(2)15-8-5-4-7-13(14)15/h4-5,7-8,10-12H,3,6,9H2,1-2H3. The first kappa shape index (κ1) is 11.9. The summed E-state index contributed by atoms with van der Waals surface area (Å²) in [5.41, 5.74) is 2.56. The van der Waals surface area contributed by atoms with Gasteiger partial charge in [0, 0.05) is 30.6 Å². The number of benzene rings is 1. The van der Waals surface area contributed by atoms with Crippen LogP contribution in [0.1, 0.15) is 37.7 Å². The van der Waals surface area contributed by atoms with Crippen LogP contribution in [-0.4, -0.2) is 10.9 Å². The number of hydrogen-bond donors (Lipinski definition) is 0. The van der Waals surface area contributed by atoms with Gasteiger partial charge in [-0.2, -0.15) is 0 Å². The molecule has 1 unspecified atom stereocenters. The summed E-state index contributed by atoms with van der Waals surface area (Å²) >= 11 is 0. The number of aryl methyl sites for hydroxylation is 1. The first-order valence-corrected chi connectivity index (χ1v) is 6.25. The molecule has 17 heavy (non-hydrogen) atoms. The highest BCUT2D eigenvalue weighted by Crippen LogP contribution is 2.31. The molecular formula is C15H19NO. The van der Waals surface area contributed by atoms with E-state index >= 15 is 0 Å². The predicted molar refractivity (Wildman–Crippen MR) is 71.2 cm³/mol. The molecule has 0 saturated heterocycles. The Morgan fingerprint density at radius 3 is 2.82 bits per heavy atom. The summed E-state index contributed by atoms with van der Waals surface area (Å²) in [6, 6.07) is 8.40. The Morgan fingerprint density at radius 1 is 1.35 bits per heavy atom. The van der Waals surface area contributed by atoms with Crippen LogP contribution >= 0.6 is 0 Å². The number of fused-ring (bicyclic) bond motifs is 1. The van der Waals surface area contributed by atoms with Crippen molar-refractivity contribution in [3.63, 3.8) is 0 Å². The lowest BCUT2D eigenvalue weighted by Crippen LogP contribution is -1.98. The van der Waals surface area contributed by atoms with E-state index in [9.17, 15) is 4.79 Å². The van der Waals surface area contributed by atoms with Crippen LogP contribution in [0.2, 0.25) is 0 Å². The molecule has 2 nitrogen and oxygen atoms in total. The summed E-state index contributed by atoms with van der Waals surface area (Å²) in [6.45, 7) is 2.17. The van der Waals surface area contributed by atoms with E-state index in [4.69, 9.17) is 0 Å². The molecule has 0 bridgehead atoms. The van der Waals surface area contributed by atoms with Crippen LogP contribution in [0.15, 0.2) is 30.5 Å². The second-order valence-corrected chi connectivity index (χ2v) is 4.60. The number of rotatable bonds is 5. The fraction of sp³-hybridized carbons (Fsp3) is 0.400. The van der Waals surface area contributed by atoms with Crippen LogP contribution in [0.4, 0.5) is 0 Å². The van der Waals surface area contributed by atoms with E-state index in [2.05, 4.69) is 49.0 Å².